The highest BCUT2D eigenvalue weighted by Crippen LogP contribution is 2.26. The summed E-state index contributed by atoms with van der Waals surface area (Å²) in [6.07, 6.45) is 0. The Morgan fingerprint density at radius 3 is 2.75 bits per heavy atom. The molecule has 1 heterocycles. The Morgan fingerprint density at radius 2 is 2.19 bits per heavy atom. The topological polar surface area (TPSA) is 65.1 Å². The standard InChI is InChI=1S/C11H16N4O/c1-7(2)15-10-6-8(16-3)4-5-9(10)13-11(15)14-12/h4-7H,12H2,1-3H3,(H,13,14). The molecule has 0 aliphatic rings. The van der Waals surface area contributed by atoms with Gasteiger partial charge in [0.1, 0.15) is 5.75 Å². The summed E-state index contributed by atoms with van der Waals surface area (Å²) in [5, 5.41) is 0. The molecule has 0 spiro atoms. The molecule has 1 aromatic heterocycles. The number of nitrogens with one attached hydrogen (secondary N) is 1. The molecule has 1 aromatic carbocycles. The van der Waals surface area contributed by atoms with E-state index in [-0.39, 0.29) is 6.04 Å². The van der Waals surface area contributed by atoms with E-state index in [1.54, 1.807) is 7.11 Å². The summed E-state index contributed by atoms with van der Waals surface area (Å²) in [6.45, 7) is 4.17. The average molecular weight is 220 g/mol. The highest BCUT2D eigenvalue weighted by molar-refractivity contribution is 5.80. The highest BCUT2D eigenvalue weighted by Gasteiger charge is 2.12. The van der Waals surface area contributed by atoms with Crippen molar-refractivity contribution in [3.05, 3.63) is 18.2 Å². The molecule has 2 rings (SSSR count). The maximum Gasteiger partial charge on any atom is 0.218 e. The maximum atomic E-state index is 5.46. The number of anilines is 1. The highest BCUT2D eigenvalue weighted by atomic mass is 16.5. The fraction of sp³-hybridized carbons (Fsp3) is 0.364. The summed E-state index contributed by atoms with van der Waals surface area (Å²) in [6, 6.07) is 6.06. The van der Waals surface area contributed by atoms with Crippen LogP contribution in [0, 0.1) is 0 Å². The molecule has 0 radical (unpaired) electrons. The Bertz CT molecular complexity index is 504. The van der Waals surface area contributed by atoms with Crippen molar-refractivity contribution in [1.29, 1.82) is 0 Å². The Morgan fingerprint density at radius 1 is 1.44 bits per heavy atom. The summed E-state index contributed by atoms with van der Waals surface area (Å²) < 4.78 is 7.25. The maximum absolute atomic E-state index is 5.46. The van der Waals surface area contributed by atoms with E-state index in [0.29, 0.717) is 5.95 Å². The molecule has 0 unspecified atom stereocenters. The molecule has 0 bridgehead atoms. The van der Waals surface area contributed by atoms with Crippen LogP contribution in [0.25, 0.3) is 11.0 Å². The molecular formula is C11H16N4O. The molecule has 5 heteroatoms. The van der Waals surface area contributed by atoms with Crippen LogP contribution >= 0.6 is 0 Å². The van der Waals surface area contributed by atoms with E-state index in [1.165, 1.54) is 0 Å². The Labute approximate surface area is 94.2 Å². The smallest absolute Gasteiger partial charge is 0.218 e. The van der Waals surface area contributed by atoms with Crippen molar-refractivity contribution >= 4 is 17.0 Å². The van der Waals surface area contributed by atoms with Crippen LogP contribution in [0.4, 0.5) is 5.95 Å². The number of nitrogens with two attached hydrogens (primary N) is 1. The van der Waals surface area contributed by atoms with Crippen molar-refractivity contribution < 1.29 is 4.74 Å². The molecule has 0 amide bonds. The van der Waals surface area contributed by atoms with E-state index in [1.807, 2.05) is 22.8 Å². The molecule has 3 N–H and O–H groups in total. The van der Waals surface area contributed by atoms with Crippen molar-refractivity contribution in [2.75, 3.05) is 12.5 Å². The third-order valence-corrected chi connectivity index (χ3v) is 2.54. The Balaban J connectivity index is 2.70. The van der Waals surface area contributed by atoms with Crippen molar-refractivity contribution in [3.8, 4) is 5.75 Å². The normalized spacial score (nSPS) is 11.1. The number of benzene rings is 1. The van der Waals surface area contributed by atoms with Gasteiger partial charge in [0, 0.05) is 12.1 Å². The Kier molecular flexibility index (Phi) is 2.70. The predicted molar refractivity (Wildman–Crippen MR) is 64.5 cm³/mol. The van der Waals surface area contributed by atoms with Crippen molar-refractivity contribution in [2.45, 2.75) is 19.9 Å². The second-order valence-electron chi connectivity index (χ2n) is 3.90. The number of aromatic nitrogens is 2. The van der Waals surface area contributed by atoms with Gasteiger partial charge >= 0.3 is 0 Å². The van der Waals surface area contributed by atoms with Gasteiger partial charge in [-0.1, -0.05) is 0 Å². The van der Waals surface area contributed by atoms with E-state index < -0.39 is 0 Å². The average Bonchev–Trinajstić information content (AvgIpc) is 2.65. The number of nitrogen functional groups attached to an aromatic ring is 1. The molecule has 5 nitrogen and oxygen atoms in total. The van der Waals surface area contributed by atoms with E-state index in [2.05, 4.69) is 24.3 Å². The quantitative estimate of drug-likeness (QED) is 0.612. The number of nitrogens with zero attached hydrogens (tertiary/aromatic N) is 2. The van der Waals surface area contributed by atoms with Gasteiger partial charge in [0.05, 0.1) is 18.1 Å². The monoisotopic (exact) mass is 220 g/mol. The summed E-state index contributed by atoms with van der Waals surface area (Å²) in [7, 11) is 1.65. The molecule has 16 heavy (non-hydrogen) atoms. The van der Waals surface area contributed by atoms with Gasteiger partial charge < -0.3 is 9.30 Å². The predicted octanol–water partition coefficient (Wildman–Crippen LogP) is 1.91. The van der Waals surface area contributed by atoms with Crippen LogP contribution in [-0.4, -0.2) is 16.7 Å². The number of fused-ring (bicyclic) bond motifs is 1. The van der Waals surface area contributed by atoms with E-state index in [4.69, 9.17) is 10.6 Å². The minimum atomic E-state index is 0.281. The second-order valence-corrected chi connectivity index (χ2v) is 3.90. The first kappa shape index (κ1) is 10.8. The lowest BCUT2D eigenvalue weighted by Crippen LogP contribution is -2.14. The SMILES string of the molecule is COc1ccc2nc(NN)n(C(C)C)c2c1. The van der Waals surface area contributed by atoms with Gasteiger partial charge in [-0.05, 0) is 26.0 Å². The van der Waals surface area contributed by atoms with Gasteiger partial charge in [0.25, 0.3) is 0 Å². The Hall–Kier alpha value is -1.75. The lowest BCUT2D eigenvalue weighted by Gasteiger charge is -2.12. The molecule has 0 aliphatic heterocycles. The van der Waals surface area contributed by atoms with Crippen LogP contribution in [-0.2, 0) is 0 Å². The lowest BCUT2D eigenvalue weighted by molar-refractivity contribution is 0.415. The largest absolute Gasteiger partial charge is 0.497 e. The van der Waals surface area contributed by atoms with E-state index in [0.717, 1.165) is 16.8 Å². The first-order chi connectivity index (χ1) is 7.67. The number of imidazole rings is 1. The van der Waals surface area contributed by atoms with Crippen LogP contribution in [0.5, 0.6) is 5.75 Å². The molecule has 2 aromatic rings. The van der Waals surface area contributed by atoms with Crippen LogP contribution < -0.4 is 16.0 Å². The summed E-state index contributed by atoms with van der Waals surface area (Å²) in [5.41, 5.74) is 4.54. The number of rotatable bonds is 3. The van der Waals surface area contributed by atoms with Crippen LogP contribution in [0.15, 0.2) is 18.2 Å². The number of ether oxygens (including phenoxy) is 1. The number of hydrazine groups is 1. The zero-order chi connectivity index (χ0) is 11.7. The van der Waals surface area contributed by atoms with Crippen LogP contribution in [0.2, 0.25) is 0 Å². The molecule has 0 saturated heterocycles. The van der Waals surface area contributed by atoms with Crippen molar-refractivity contribution in [3.63, 3.8) is 0 Å². The van der Waals surface area contributed by atoms with E-state index >= 15 is 0 Å². The zero-order valence-electron chi connectivity index (χ0n) is 9.69. The summed E-state index contributed by atoms with van der Waals surface area (Å²) in [4.78, 5) is 4.40. The third-order valence-electron chi connectivity index (χ3n) is 2.54. The van der Waals surface area contributed by atoms with Gasteiger partial charge in [0.2, 0.25) is 5.95 Å². The molecule has 0 fully saturated rings. The first-order valence-corrected chi connectivity index (χ1v) is 5.20. The zero-order valence-corrected chi connectivity index (χ0v) is 9.69. The van der Waals surface area contributed by atoms with Crippen molar-refractivity contribution in [2.24, 2.45) is 5.84 Å². The number of hydrogen-bond donors (Lipinski definition) is 2. The molecule has 0 atom stereocenters. The van der Waals surface area contributed by atoms with Crippen LogP contribution in [0.1, 0.15) is 19.9 Å². The van der Waals surface area contributed by atoms with Gasteiger partial charge in [-0.15, -0.1) is 0 Å². The summed E-state index contributed by atoms with van der Waals surface area (Å²) in [5.74, 6) is 6.94. The minimum absolute atomic E-state index is 0.281. The molecule has 0 aliphatic carbocycles. The van der Waals surface area contributed by atoms with Gasteiger partial charge in [0.15, 0.2) is 0 Å². The van der Waals surface area contributed by atoms with Crippen molar-refractivity contribution in [1.82, 2.24) is 9.55 Å². The fourth-order valence-corrected chi connectivity index (χ4v) is 1.82. The third kappa shape index (κ3) is 1.59. The molecule has 86 valence electrons. The number of methoxy groups -OCH3 is 1. The fourth-order valence-electron chi connectivity index (χ4n) is 1.82. The summed E-state index contributed by atoms with van der Waals surface area (Å²) >= 11 is 0. The van der Waals surface area contributed by atoms with E-state index in [9.17, 15) is 0 Å². The minimum Gasteiger partial charge on any atom is -0.497 e. The number of hydrogen-bond acceptors (Lipinski definition) is 4. The molecule has 0 saturated carbocycles. The second kappa shape index (κ2) is 4.02. The van der Waals surface area contributed by atoms with Gasteiger partial charge in [-0.2, -0.15) is 0 Å². The van der Waals surface area contributed by atoms with Gasteiger partial charge in [-0.25, -0.2) is 10.8 Å². The first-order valence-electron chi connectivity index (χ1n) is 5.20. The molecular weight excluding hydrogens is 204 g/mol. The van der Waals surface area contributed by atoms with Gasteiger partial charge in [-0.3, -0.25) is 5.43 Å². The lowest BCUT2D eigenvalue weighted by atomic mass is 10.3. The van der Waals surface area contributed by atoms with Crippen LogP contribution in [0.3, 0.4) is 0 Å².